The lowest BCUT2D eigenvalue weighted by Gasteiger charge is -2.31. The zero-order valence-corrected chi connectivity index (χ0v) is 10.5. The topological polar surface area (TPSA) is 64.9 Å². The van der Waals surface area contributed by atoms with Gasteiger partial charge >= 0.3 is 0 Å². The molecule has 3 rings (SSSR count). The van der Waals surface area contributed by atoms with Crippen LogP contribution in [0.5, 0.6) is 0 Å². The number of aryl methyl sites for hydroxylation is 2. The predicted molar refractivity (Wildman–Crippen MR) is 68.0 cm³/mol. The molecular weight excluding hydrogens is 226 g/mol. The molecule has 1 aliphatic carbocycles. The molecule has 18 heavy (non-hydrogen) atoms. The van der Waals surface area contributed by atoms with Crippen LogP contribution in [0.4, 0.5) is 0 Å². The van der Waals surface area contributed by atoms with Crippen LogP contribution in [0.25, 0.3) is 0 Å². The molecule has 2 N–H and O–H groups in total. The maximum atomic E-state index is 6.48. The standard InChI is InChI=1S/C14H17N3O/c1-2-12-16-13(17-18-12)14(15)8-7-10-5-3-4-6-11(10)9-14/h3-6H,2,7-9,15H2,1H3. The lowest BCUT2D eigenvalue weighted by Crippen LogP contribution is -2.43. The van der Waals surface area contributed by atoms with Crippen LogP contribution in [0.2, 0.25) is 0 Å². The van der Waals surface area contributed by atoms with Crippen molar-refractivity contribution in [1.82, 2.24) is 10.1 Å². The van der Waals surface area contributed by atoms with Gasteiger partial charge in [-0.05, 0) is 30.4 Å². The van der Waals surface area contributed by atoms with Crippen molar-refractivity contribution in [1.29, 1.82) is 0 Å². The van der Waals surface area contributed by atoms with Gasteiger partial charge in [-0.2, -0.15) is 4.98 Å². The molecule has 0 spiro atoms. The number of aromatic nitrogens is 2. The van der Waals surface area contributed by atoms with Gasteiger partial charge < -0.3 is 10.3 Å². The van der Waals surface area contributed by atoms with Gasteiger partial charge in [0.1, 0.15) is 0 Å². The molecule has 4 nitrogen and oxygen atoms in total. The summed E-state index contributed by atoms with van der Waals surface area (Å²) in [5, 5.41) is 4.04. The number of nitrogens with zero attached hydrogens (tertiary/aromatic N) is 2. The average Bonchev–Trinajstić information content (AvgIpc) is 2.88. The van der Waals surface area contributed by atoms with Gasteiger partial charge in [0.2, 0.25) is 5.89 Å². The fourth-order valence-electron chi connectivity index (χ4n) is 2.55. The second-order valence-electron chi connectivity index (χ2n) is 4.97. The molecule has 1 aromatic heterocycles. The molecule has 0 saturated carbocycles. The van der Waals surface area contributed by atoms with Crippen molar-refractivity contribution in [3.63, 3.8) is 0 Å². The van der Waals surface area contributed by atoms with Crippen molar-refractivity contribution in [2.75, 3.05) is 0 Å². The largest absolute Gasteiger partial charge is 0.339 e. The van der Waals surface area contributed by atoms with Crippen LogP contribution >= 0.6 is 0 Å². The van der Waals surface area contributed by atoms with Crippen LogP contribution in [0, 0.1) is 0 Å². The fourth-order valence-corrected chi connectivity index (χ4v) is 2.55. The molecule has 0 radical (unpaired) electrons. The molecular formula is C14H17N3O. The molecule has 0 aliphatic heterocycles. The molecule has 1 heterocycles. The number of rotatable bonds is 2. The molecule has 0 fully saturated rings. The Morgan fingerprint density at radius 3 is 2.83 bits per heavy atom. The van der Waals surface area contributed by atoms with Crippen LogP contribution in [-0.2, 0) is 24.8 Å². The van der Waals surface area contributed by atoms with Crippen molar-refractivity contribution in [3.8, 4) is 0 Å². The van der Waals surface area contributed by atoms with Crippen LogP contribution in [0.15, 0.2) is 28.8 Å². The first-order valence-electron chi connectivity index (χ1n) is 6.40. The molecule has 0 bridgehead atoms. The summed E-state index contributed by atoms with van der Waals surface area (Å²) in [6.45, 7) is 2.00. The minimum absolute atomic E-state index is 0.481. The molecule has 1 atom stereocenters. The van der Waals surface area contributed by atoms with E-state index in [4.69, 9.17) is 10.3 Å². The number of fused-ring (bicyclic) bond motifs is 1. The number of hydrogen-bond donors (Lipinski definition) is 1. The summed E-state index contributed by atoms with van der Waals surface area (Å²) in [5.74, 6) is 1.31. The van der Waals surface area contributed by atoms with E-state index in [1.54, 1.807) is 0 Å². The van der Waals surface area contributed by atoms with Crippen molar-refractivity contribution < 1.29 is 4.52 Å². The molecule has 1 unspecified atom stereocenters. The van der Waals surface area contributed by atoms with Gasteiger partial charge in [0.15, 0.2) is 5.82 Å². The van der Waals surface area contributed by atoms with Crippen LogP contribution in [-0.4, -0.2) is 10.1 Å². The van der Waals surface area contributed by atoms with Crippen LogP contribution in [0.3, 0.4) is 0 Å². The molecule has 94 valence electrons. The Labute approximate surface area is 106 Å². The second kappa shape index (κ2) is 4.21. The Morgan fingerprint density at radius 2 is 2.11 bits per heavy atom. The van der Waals surface area contributed by atoms with E-state index < -0.39 is 5.54 Å². The Bertz CT molecular complexity index is 564. The Balaban J connectivity index is 1.93. The minimum Gasteiger partial charge on any atom is -0.339 e. The summed E-state index contributed by atoms with van der Waals surface area (Å²) < 4.78 is 5.18. The highest BCUT2D eigenvalue weighted by Gasteiger charge is 2.36. The van der Waals surface area contributed by atoms with Crippen LogP contribution in [0.1, 0.15) is 36.2 Å². The summed E-state index contributed by atoms with van der Waals surface area (Å²) in [5.41, 5.74) is 8.68. The zero-order valence-electron chi connectivity index (χ0n) is 10.5. The highest BCUT2D eigenvalue weighted by atomic mass is 16.5. The summed E-state index contributed by atoms with van der Waals surface area (Å²) >= 11 is 0. The molecule has 4 heteroatoms. The quantitative estimate of drug-likeness (QED) is 0.875. The molecule has 2 aromatic rings. The van der Waals surface area contributed by atoms with E-state index in [1.807, 2.05) is 6.92 Å². The fraction of sp³-hybridized carbons (Fsp3) is 0.429. The maximum Gasteiger partial charge on any atom is 0.226 e. The van der Waals surface area contributed by atoms with Gasteiger partial charge in [0.25, 0.3) is 0 Å². The summed E-state index contributed by atoms with van der Waals surface area (Å²) in [6, 6.07) is 8.43. The lowest BCUT2D eigenvalue weighted by molar-refractivity contribution is 0.325. The van der Waals surface area contributed by atoms with E-state index in [-0.39, 0.29) is 0 Å². The summed E-state index contributed by atoms with van der Waals surface area (Å²) in [4.78, 5) is 4.39. The van der Waals surface area contributed by atoms with Crippen molar-refractivity contribution in [2.45, 2.75) is 38.1 Å². The highest BCUT2D eigenvalue weighted by molar-refractivity contribution is 5.33. The van der Waals surface area contributed by atoms with Gasteiger partial charge in [0.05, 0.1) is 5.54 Å². The SMILES string of the molecule is CCc1nc(C2(N)CCc3ccccc3C2)no1. The monoisotopic (exact) mass is 243 g/mol. The first kappa shape index (κ1) is 11.4. The van der Waals surface area contributed by atoms with Gasteiger partial charge in [-0.3, -0.25) is 0 Å². The van der Waals surface area contributed by atoms with E-state index in [0.717, 1.165) is 25.7 Å². The number of nitrogens with two attached hydrogens (primary N) is 1. The number of hydrogen-bond acceptors (Lipinski definition) is 4. The smallest absolute Gasteiger partial charge is 0.226 e. The van der Waals surface area contributed by atoms with E-state index in [2.05, 4.69) is 34.4 Å². The first-order valence-corrected chi connectivity index (χ1v) is 6.40. The average molecular weight is 243 g/mol. The highest BCUT2D eigenvalue weighted by Crippen LogP contribution is 2.32. The van der Waals surface area contributed by atoms with Crippen molar-refractivity contribution in [3.05, 3.63) is 47.1 Å². The zero-order chi connectivity index (χ0) is 12.6. The van der Waals surface area contributed by atoms with Gasteiger partial charge in [-0.15, -0.1) is 0 Å². The Morgan fingerprint density at radius 1 is 1.33 bits per heavy atom. The molecule has 0 saturated heterocycles. The predicted octanol–water partition coefficient (Wildman–Crippen LogP) is 1.97. The van der Waals surface area contributed by atoms with Gasteiger partial charge in [0, 0.05) is 6.42 Å². The lowest BCUT2D eigenvalue weighted by atomic mass is 9.78. The Kier molecular flexibility index (Phi) is 2.67. The van der Waals surface area contributed by atoms with Crippen molar-refractivity contribution >= 4 is 0 Å². The van der Waals surface area contributed by atoms with E-state index >= 15 is 0 Å². The maximum absolute atomic E-state index is 6.48. The minimum atomic E-state index is -0.481. The third-order valence-electron chi connectivity index (χ3n) is 3.68. The van der Waals surface area contributed by atoms with Gasteiger partial charge in [-0.25, -0.2) is 0 Å². The van der Waals surface area contributed by atoms with E-state index in [1.165, 1.54) is 11.1 Å². The first-order chi connectivity index (χ1) is 8.71. The van der Waals surface area contributed by atoms with Crippen LogP contribution < -0.4 is 5.73 Å². The van der Waals surface area contributed by atoms with E-state index in [9.17, 15) is 0 Å². The molecule has 1 aliphatic rings. The second-order valence-corrected chi connectivity index (χ2v) is 4.97. The van der Waals surface area contributed by atoms with Crippen molar-refractivity contribution in [2.24, 2.45) is 5.73 Å². The Hall–Kier alpha value is -1.68. The van der Waals surface area contributed by atoms with E-state index in [0.29, 0.717) is 11.7 Å². The van der Waals surface area contributed by atoms with Gasteiger partial charge in [-0.1, -0.05) is 36.3 Å². The normalized spacial score (nSPS) is 22.8. The third-order valence-corrected chi connectivity index (χ3v) is 3.68. The molecule has 0 amide bonds. The number of benzene rings is 1. The third kappa shape index (κ3) is 1.82. The summed E-state index contributed by atoms with van der Waals surface area (Å²) in [7, 11) is 0. The molecule has 1 aromatic carbocycles. The summed E-state index contributed by atoms with van der Waals surface area (Å²) in [6.07, 6.45) is 3.38.